The average Bonchev–Trinajstić information content (AvgIpc) is 3.45. The van der Waals surface area contributed by atoms with E-state index < -0.39 is 10.0 Å². The summed E-state index contributed by atoms with van der Waals surface area (Å²) in [5, 5.41) is 2.98. The zero-order valence-corrected chi connectivity index (χ0v) is 17.6. The number of benzene rings is 2. The van der Waals surface area contributed by atoms with E-state index in [1.54, 1.807) is 12.1 Å². The van der Waals surface area contributed by atoms with Crippen LogP contribution >= 0.6 is 0 Å². The van der Waals surface area contributed by atoms with E-state index >= 15 is 0 Å². The summed E-state index contributed by atoms with van der Waals surface area (Å²) in [6.07, 6.45) is 1.73. The highest BCUT2D eigenvalue weighted by Gasteiger charge is 2.28. The van der Waals surface area contributed by atoms with Crippen LogP contribution in [0.1, 0.15) is 72.6 Å². The van der Waals surface area contributed by atoms with Crippen LogP contribution in [0.4, 0.5) is 0 Å². The molecule has 150 valence electrons. The molecular weight excluding hydrogens is 372 g/mol. The van der Waals surface area contributed by atoms with Crippen LogP contribution in [0.2, 0.25) is 0 Å². The van der Waals surface area contributed by atoms with Crippen LogP contribution in [0.15, 0.2) is 47.4 Å². The Hall–Kier alpha value is -2.18. The number of rotatable bonds is 7. The normalized spacial score (nSPS) is 15.5. The van der Waals surface area contributed by atoms with Gasteiger partial charge in [0.15, 0.2) is 0 Å². The van der Waals surface area contributed by atoms with E-state index in [9.17, 15) is 13.2 Å². The Morgan fingerprint density at radius 3 is 2.18 bits per heavy atom. The quantitative estimate of drug-likeness (QED) is 0.736. The van der Waals surface area contributed by atoms with Crippen LogP contribution in [0.3, 0.4) is 0 Å². The first-order valence-electron chi connectivity index (χ1n) is 9.71. The molecule has 0 spiro atoms. The summed E-state index contributed by atoms with van der Waals surface area (Å²) in [7, 11) is -3.59. The lowest BCUT2D eigenvalue weighted by molar-refractivity contribution is 0.0939. The molecule has 1 aliphatic carbocycles. The number of carbonyl (C=O) groups is 1. The van der Waals surface area contributed by atoms with Crippen molar-refractivity contribution < 1.29 is 13.2 Å². The number of sulfonamides is 1. The second kappa shape index (κ2) is 8.05. The van der Waals surface area contributed by atoms with E-state index in [1.807, 2.05) is 26.0 Å². The third-order valence-corrected chi connectivity index (χ3v) is 6.63. The van der Waals surface area contributed by atoms with Gasteiger partial charge in [0.2, 0.25) is 10.0 Å². The molecule has 1 amide bonds. The van der Waals surface area contributed by atoms with Crippen LogP contribution in [-0.2, 0) is 10.0 Å². The molecule has 5 nitrogen and oxygen atoms in total. The van der Waals surface area contributed by atoms with E-state index in [2.05, 4.69) is 36.0 Å². The van der Waals surface area contributed by atoms with Crippen LogP contribution in [0.5, 0.6) is 0 Å². The molecule has 0 aromatic heterocycles. The molecule has 2 N–H and O–H groups in total. The van der Waals surface area contributed by atoms with Crippen LogP contribution < -0.4 is 10.0 Å². The first-order valence-corrected chi connectivity index (χ1v) is 11.2. The van der Waals surface area contributed by atoms with Crippen molar-refractivity contribution in [1.29, 1.82) is 0 Å². The van der Waals surface area contributed by atoms with Crippen molar-refractivity contribution in [2.24, 2.45) is 0 Å². The fraction of sp³-hybridized carbons (Fsp3) is 0.409. The molecule has 0 radical (unpaired) electrons. The molecule has 28 heavy (non-hydrogen) atoms. The van der Waals surface area contributed by atoms with Gasteiger partial charge in [0.1, 0.15) is 0 Å². The molecule has 1 saturated carbocycles. The van der Waals surface area contributed by atoms with Gasteiger partial charge in [-0.2, -0.15) is 0 Å². The summed E-state index contributed by atoms with van der Waals surface area (Å²) in [6.45, 7) is 8.01. The Morgan fingerprint density at radius 1 is 1.00 bits per heavy atom. The van der Waals surface area contributed by atoms with Crippen molar-refractivity contribution in [3.8, 4) is 0 Å². The molecule has 1 unspecified atom stereocenters. The number of hydrogen-bond acceptors (Lipinski definition) is 3. The molecule has 1 atom stereocenters. The maximum Gasteiger partial charge on any atom is 0.252 e. The molecule has 2 aromatic carbocycles. The molecule has 1 fully saturated rings. The number of nitrogens with one attached hydrogen (secondary N) is 2. The molecular formula is C22H28N2O3S. The van der Waals surface area contributed by atoms with Gasteiger partial charge in [-0.3, -0.25) is 4.79 Å². The largest absolute Gasteiger partial charge is 0.346 e. The van der Waals surface area contributed by atoms with E-state index in [1.165, 1.54) is 11.6 Å². The highest BCUT2D eigenvalue weighted by Crippen LogP contribution is 2.24. The Balaban J connectivity index is 1.76. The Kier molecular flexibility index (Phi) is 5.91. The van der Waals surface area contributed by atoms with E-state index in [0.29, 0.717) is 11.5 Å². The molecule has 0 aliphatic heterocycles. The lowest BCUT2D eigenvalue weighted by atomic mass is 9.99. The zero-order valence-electron chi connectivity index (χ0n) is 16.8. The Labute approximate surface area is 167 Å². The van der Waals surface area contributed by atoms with Gasteiger partial charge in [0.05, 0.1) is 10.9 Å². The maximum absolute atomic E-state index is 12.8. The predicted octanol–water partition coefficient (Wildman–Crippen LogP) is 4.05. The van der Waals surface area contributed by atoms with Crippen LogP contribution in [-0.4, -0.2) is 20.4 Å². The van der Waals surface area contributed by atoms with Crippen molar-refractivity contribution in [3.05, 3.63) is 64.7 Å². The maximum atomic E-state index is 12.8. The Bertz CT molecular complexity index is 962. The minimum Gasteiger partial charge on any atom is -0.346 e. The molecule has 0 bridgehead atoms. The average molecular weight is 401 g/mol. The standard InChI is InChI=1S/C22H28N2O3S/c1-14(2)17-6-8-18(9-7-17)16(4)23-22(25)21-13-20(12-5-15(21)3)28(26,27)24-19-10-11-19/h5-9,12-14,16,19,24H,10-11H2,1-4H3,(H,23,25). The molecule has 3 rings (SSSR count). The SMILES string of the molecule is Cc1ccc(S(=O)(=O)NC2CC2)cc1C(=O)NC(C)c1ccc(C(C)C)cc1. The zero-order chi connectivity index (χ0) is 20.5. The third-order valence-electron chi connectivity index (χ3n) is 5.11. The first kappa shape index (κ1) is 20.6. The number of amides is 1. The van der Waals surface area contributed by atoms with Crippen LogP contribution in [0, 0.1) is 6.92 Å². The van der Waals surface area contributed by atoms with Crippen LogP contribution in [0.25, 0.3) is 0 Å². The first-order chi connectivity index (χ1) is 13.2. The van der Waals surface area contributed by atoms with Gasteiger partial charge in [-0.25, -0.2) is 13.1 Å². The summed E-state index contributed by atoms with van der Waals surface area (Å²) in [4.78, 5) is 12.9. The Morgan fingerprint density at radius 2 is 1.61 bits per heavy atom. The van der Waals surface area contributed by atoms with Crippen molar-refractivity contribution in [2.75, 3.05) is 0 Å². The van der Waals surface area contributed by atoms with E-state index in [-0.39, 0.29) is 22.9 Å². The lowest BCUT2D eigenvalue weighted by Gasteiger charge is -2.17. The highest BCUT2D eigenvalue weighted by atomic mass is 32.2. The topological polar surface area (TPSA) is 75.3 Å². The van der Waals surface area contributed by atoms with Gasteiger partial charge in [-0.1, -0.05) is 44.2 Å². The lowest BCUT2D eigenvalue weighted by Crippen LogP contribution is -2.29. The number of carbonyl (C=O) groups excluding carboxylic acids is 1. The van der Waals surface area contributed by atoms with Crippen molar-refractivity contribution >= 4 is 15.9 Å². The summed E-state index contributed by atoms with van der Waals surface area (Å²) < 4.78 is 27.6. The fourth-order valence-corrected chi connectivity index (χ4v) is 4.36. The van der Waals surface area contributed by atoms with Gasteiger partial charge < -0.3 is 5.32 Å². The second-order valence-corrected chi connectivity index (χ2v) is 9.60. The summed E-state index contributed by atoms with van der Waals surface area (Å²) in [5.74, 6) is 0.178. The second-order valence-electron chi connectivity index (χ2n) is 7.89. The summed E-state index contributed by atoms with van der Waals surface area (Å²) >= 11 is 0. The molecule has 0 heterocycles. The third kappa shape index (κ3) is 4.80. The highest BCUT2D eigenvalue weighted by molar-refractivity contribution is 7.89. The predicted molar refractivity (Wildman–Crippen MR) is 111 cm³/mol. The van der Waals surface area contributed by atoms with E-state index in [0.717, 1.165) is 24.0 Å². The molecule has 0 saturated heterocycles. The van der Waals surface area contributed by atoms with Crippen molar-refractivity contribution in [2.45, 2.75) is 63.4 Å². The van der Waals surface area contributed by atoms with Gasteiger partial charge >= 0.3 is 0 Å². The fourth-order valence-electron chi connectivity index (χ4n) is 3.03. The summed E-state index contributed by atoms with van der Waals surface area (Å²) in [6, 6.07) is 12.7. The molecule has 2 aromatic rings. The molecule has 6 heteroatoms. The molecule has 1 aliphatic rings. The van der Waals surface area contributed by atoms with Gasteiger partial charge in [-0.15, -0.1) is 0 Å². The summed E-state index contributed by atoms with van der Waals surface area (Å²) in [5.41, 5.74) is 3.38. The number of aryl methyl sites for hydroxylation is 1. The smallest absolute Gasteiger partial charge is 0.252 e. The minimum atomic E-state index is -3.59. The van der Waals surface area contributed by atoms with Crippen molar-refractivity contribution in [1.82, 2.24) is 10.0 Å². The van der Waals surface area contributed by atoms with Crippen molar-refractivity contribution in [3.63, 3.8) is 0 Å². The minimum absolute atomic E-state index is 0.0254. The number of hydrogen-bond donors (Lipinski definition) is 2. The van der Waals surface area contributed by atoms with Gasteiger partial charge in [0.25, 0.3) is 5.91 Å². The van der Waals surface area contributed by atoms with Gasteiger partial charge in [-0.05, 0) is 61.4 Å². The monoisotopic (exact) mass is 400 g/mol. The van der Waals surface area contributed by atoms with Gasteiger partial charge in [0, 0.05) is 11.6 Å². The van der Waals surface area contributed by atoms with E-state index in [4.69, 9.17) is 0 Å².